The lowest BCUT2D eigenvalue weighted by Crippen LogP contribution is -2.25. The molecule has 0 amide bonds. The molecule has 1 aliphatic heterocycles. The Morgan fingerprint density at radius 2 is 2.00 bits per heavy atom. The molecule has 0 spiro atoms. The molecule has 1 heterocycles. The Balaban J connectivity index is 1.96. The highest BCUT2D eigenvalue weighted by Crippen LogP contribution is 2.32. The summed E-state index contributed by atoms with van der Waals surface area (Å²) < 4.78 is 37.7. The highest BCUT2D eigenvalue weighted by atomic mass is 32.2. The molecule has 7 heteroatoms. The van der Waals surface area contributed by atoms with E-state index in [2.05, 4.69) is 4.72 Å². The Labute approximate surface area is 125 Å². The van der Waals surface area contributed by atoms with Gasteiger partial charge in [0, 0.05) is 19.2 Å². The SMILES string of the molecule is CC(CO)CCCNS(=O)(=O)c1ccc2c(c1)OCCO2. The van der Waals surface area contributed by atoms with Crippen molar-refractivity contribution in [2.75, 3.05) is 26.4 Å². The van der Waals surface area contributed by atoms with Crippen molar-refractivity contribution >= 4 is 10.0 Å². The number of aliphatic hydroxyl groups excluding tert-OH is 1. The minimum Gasteiger partial charge on any atom is -0.486 e. The van der Waals surface area contributed by atoms with E-state index >= 15 is 0 Å². The molecule has 1 aliphatic rings. The number of hydrogen-bond donors (Lipinski definition) is 2. The highest BCUT2D eigenvalue weighted by molar-refractivity contribution is 7.89. The molecule has 1 atom stereocenters. The summed E-state index contributed by atoms with van der Waals surface area (Å²) in [7, 11) is -3.55. The van der Waals surface area contributed by atoms with Crippen LogP contribution in [0.3, 0.4) is 0 Å². The number of benzene rings is 1. The van der Waals surface area contributed by atoms with Gasteiger partial charge in [0.15, 0.2) is 11.5 Å². The van der Waals surface area contributed by atoms with Crippen molar-refractivity contribution in [2.45, 2.75) is 24.7 Å². The maximum atomic E-state index is 12.2. The van der Waals surface area contributed by atoms with Gasteiger partial charge < -0.3 is 14.6 Å². The van der Waals surface area contributed by atoms with Gasteiger partial charge in [0.25, 0.3) is 0 Å². The third-order valence-corrected chi connectivity index (χ3v) is 4.76. The van der Waals surface area contributed by atoms with Crippen LogP contribution < -0.4 is 14.2 Å². The smallest absolute Gasteiger partial charge is 0.240 e. The average Bonchev–Trinajstić information content (AvgIpc) is 2.50. The summed E-state index contributed by atoms with van der Waals surface area (Å²) in [6.07, 6.45) is 1.46. The van der Waals surface area contributed by atoms with Gasteiger partial charge in [0.2, 0.25) is 10.0 Å². The van der Waals surface area contributed by atoms with Gasteiger partial charge in [-0.2, -0.15) is 0 Å². The van der Waals surface area contributed by atoms with Crippen LogP contribution in [0.15, 0.2) is 23.1 Å². The molecular weight excluding hydrogens is 294 g/mol. The van der Waals surface area contributed by atoms with E-state index in [-0.39, 0.29) is 17.4 Å². The average molecular weight is 315 g/mol. The first kappa shape index (κ1) is 16.1. The van der Waals surface area contributed by atoms with Gasteiger partial charge in [-0.3, -0.25) is 0 Å². The lowest BCUT2D eigenvalue weighted by molar-refractivity contribution is 0.171. The van der Waals surface area contributed by atoms with Gasteiger partial charge in [-0.15, -0.1) is 0 Å². The Morgan fingerprint density at radius 1 is 1.29 bits per heavy atom. The fraction of sp³-hybridized carbons (Fsp3) is 0.571. The van der Waals surface area contributed by atoms with Crippen molar-refractivity contribution in [1.29, 1.82) is 0 Å². The van der Waals surface area contributed by atoms with Gasteiger partial charge >= 0.3 is 0 Å². The van der Waals surface area contributed by atoms with Crippen LogP contribution in [0, 0.1) is 5.92 Å². The fourth-order valence-electron chi connectivity index (χ4n) is 2.02. The monoisotopic (exact) mass is 315 g/mol. The van der Waals surface area contributed by atoms with Crippen molar-refractivity contribution in [2.24, 2.45) is 5.92 Å². The summed E-state index contributed by atoms with van der Waals surface area (Å²) in [6, 6.07) is 4.59. The summed E-state index contributed by atoms with van der Waals surface area (Å²) in [5, 5.41) is 8.92. The Hall–Kier alpha value is -1.31. The molecule has 0 saturated heterocycles. The summed E-state index contributed by atoms with van der Waals surface area (Å²) in [5.74, 6) is 1.21. The standard InChI is InChI=1S/C14H21NO5S/c1-11(10-16)3-2-6-15-21(17,18)12-4-5-13-14(9-12)20-8-7-19-13/h4-5,9,11,15-16H,2-3,6-8,10H2,1H3. The second-order valence-corrected chi connectivity index (χ2v) is 6.90. The van der Waals surface area contributed by atoms with E-state index in [1.54, 1.807) is 6.07 Å². The first-order valence-electron chi connectivity index (χ1n) is 7.03. The first-order chi connectivity index (χ1) is 10.0. The zero-order valence-corrected chi connectivity index (χ0v) is 12.9. The summed E-state index contributed by atoms with van der Waals surface area (Å²) in [6.45, 7) is 3.29. The number of ether oxygens (including phenoxy) is 2. The molecule has 1 unspecified atom stereocenters. The number of nitrogens with one attached hydrogen (secondary N) is 1. The predicted octanol–water partition coefficient (Wildman–Crippen LogP) is 1.14. The topological polar surface area (TPSA) is 84.9 Å². The molecule has 0 saturated carbocycles. The third-order valence-electron chi connectivity index (χ3n) is 3.30. The molecule has 1 aromatic carbocycles. The molecule has 2 rings (SSSR count). The van der Waals surface area contributed by atoms with Gasteiger partial charge in [0.05, 0.1) is 4.90 Å². The van der Waals surface area contributed by atoms with Crippen LogP contribution in [0.2, 0.25) is 0 Å². The van der Waals surface area contributed by atoms with Crippen LogP contribution in [0.4, 0.5) is 0 Å². The van der Waals surface area contributed by atoms with E-state index in [0.717, 1.165) is 6.42 Å². The Kier molecular flexibility index (Phi) is 5.44. The zero-order chi connectivity index (χ0) is 15.3. The number of fused-ring (bicyclic) bond motifs is 1. The van der Waals surface area contributed by atoms with Crippen molar-refractivity contribution in [3.8, 4) is 11.5 Å². The number of aliphatic hydroxyl groups is 1. The quantitative estimate of drug-likeness (QED) is 0.737. The molecule has 2 N–H and O–H groups in total. The lowest BCUT2D eigenvalue weighted by atomic mass is 10.1. The van der Waals surface area contributed by atoms with Gasteiger partial charge in [-0.05, 0) is 30.9 Å². The van der Waals surface area contributed by atoms with Gasteiger partial charge in [-0.1, -0.05) is 6.92 Å². The maximum Gasteiger partial charge on any atom is 0.240 e. The van der Waals surface area contributed by atoms with Crippen molar-refractivity contribution < 1.29 is 23.0 Å². The number of rotatable bonds is 7. The normalized spacial score (nSPS) is 15.7. The minimum absolute atomic E-state index is 0.120. The van der Waals surface area contributed by atoms with Crippen molar-refractivity contribution in [3.05, 3.63) is 18.2 Å². The van der Waals surface area contributed by atoms with Crippen LogP contribution in [-0.4, -0.2) is 39.9 Å². The molecule has 118 valence electrons. The van der Waals surface area contributed by atoms with Crippen LogP contribution in [0.25, 0.3) is 0 Å². The molecule has 0 radical (unpaired) electrons. The van der Waals surface area contributed by atoms with Crippen molar-refractivity contribution in [1.82, 2.24) is 4.72 Å². The van der Waals surface area contributed by atoms with E-state index in [1.807, 2.05) is 6.92 Å². The third kappa shape index (κ3) is 4.33. The maximum absolute atomic E-state index is 12.2. The van der Waals surface area contributed by atoms with E-state index in [9.17, 15) is 8.42 Å². The largest absolute Gasteiger partial charge is 0.486 e. The molecule has 0 aliphatic carbocycles. The number of sulfonamides is 1. The fourth-order valence-corrected chi connectivity index (χ4v) is 3.11. The van der Waals surface area contributed by atoms with Crippen LogP contribution in [-0.2, 0) is 10.0 Å². The Bertz CT molecular complexity index is 573. The minimum atomic E-state index is -3.55. The summed E-state index contributed by atoms with van der Waals surface area (Å²) in [5.41, 5.74) is 0. The van der Waals surface area contributed by atoms with Crippen LogP contribution in [0.1, 0.15) is 19.8 Å². The second kappa shape index (κ2) is 7.11. The van der Waals surface area contributed by atoms with Crippen LogP contribution in [0.5, 0.6) is 11.5 Å². The molecule has 0 aromatic heterocycles. The summed E-state index contributed by atoms with van der Waals surface area (Å²) in [4.78, 5) is 0.168. The molecule has 1 aromatic rings. The lowest BCUT2D eigenvalue weighted by Gasteiger charge is -2.19. The Morgan fingerprint density at radius 3 is 2.71 bits per heavy atom. The van der Waals surface area contributed by atoms with E-state index < -0.39 is 10.0 Å². The van der Waals surface area contributed by atoms with Gasteiger partial charge in [-0.25, -0.2) is 13.1 Å². The molecule has 0 fully saturated rings. The van der Waals surface area contributed by atoms with E-state index in [1.165, 1.54) is 12.1 Å². The molecule has 21 heavy (non-hydrogen) atoms. The second-order valence-electron chi connectivity index (χ2n) is 5.13. The molecular formula is C14H21NO5S. The predicted molar refractivity (Wildman–Crippen MR) is 78.1 cm³/mol. The van der Waals surface area contributed by atoms with E-state index in [4.69, 9.17) is 14.6 Å². The zero-order valence-electron chi connectivity index (χ0n) is 12.0. The summed E-state index contributed by atoms with van der Waals surface area (Å²) >= 11 is 0. The molecule has 0 bridgehead atoms. The van der Waals surface area contributed by atoms with E-state index in [0.29, 0.717) is 37.7 Å². The first-order valence-corrected chi connectivity index (χ1v) is 8.51. The molecule has 6 nitrogen and oxygen atoms in total. The van der Waals surface area contributed by atoms with Crippen LogP contribution >= 0.6 is 0 Å². The van der Waals surface area contributed by atoms with Crippen molar-refractivity contribution in [3.63, 3.8) is 0 Å². The highest BCUT2D eigenvalue weighted by Gasteiger charge is 2.18. The number of hydrogen-bond acceptors (Lipinski definition) is 5. The van der Waals surface area contributed by atoms with Gasteiger partial charge in [0.1, 0.15) is 13.2 Å².